The number of amides is 1. The van der Waals surface area contributed by atoms with Crippen LogP contribution in [0.3, 0.4) is 0 Å². The van der Waals surface area contributed by atoms with Crippen LogP contribution in [-0.4, -0.2) is 47.4 Å². The molecule has 1 saturated heterocycles. The molecule has 1 aliphatic heterocycles. The van der Waals surface area contributed by atoms with E-state index in [9.17, 15) is 14.7 Å². The monoisotopic (exact) mass is 457 g/mol. The first-order valence-electron chi connectivity index (χ1n) is 11.1. The van der Waals surface area contributed by atoms with Crippen molar-refractivity contribution in [1.82, 2.24) is 9.88 Å². The summed E-state index contributed by atoms with van der Waals surface area (Å²) in [5.74, 6) is -0.918. The van der Waals surface area contributed by atoms with Gasteiger partial charge in [-0.1, -0.05) is 18.2 Å². The zero-order valence-corrected chi connectivity index (χ0v) is 19.4. The molecular weight excluding hydrogens is 430 g/mol. The number of aromatic nitrogens is 1. The number of carbonyl (C=O) groups excluding carboxylic acids is 2. The Labute approximate surface area is 198 Å². The van der Waals surface area contributed by atoms with Gasteiger partial charge in [0.1, 0.15) is 11.5 Å². The average molecular weight is 458 g/mol. The molecule has 3 aromatic rings. The summed E-state index contributed by atoms with van der Waals surface area (Å²) in [5.41, 5.74) is 3.02. The van der Waals surface area contributed by atoms with Crippen LogP contribution in [0.1, 0.15) is 29.7 Å². The molecule has 7 nitrogen and oxygen atoms in total. The van der Waals surface area contributed by atoms with Gasteiger partial charge < -0.3 is 19.6 Å². The number of anilines is 1. The van der Waals surface area contributed by atoms with Crippen LogP contribution < -0.4 is 9.64 Å². The predicted octanol–water partition coefficient (Wildman–Crippen LogP) is 4.17. The molecule has 0 bridgehead atoms. The van der Waals surface area contributed by atoms with E-state index in [0.29, 0.717) is 17.9 Å². The minimum Gasteiger partial charge on any atom is -0.507 e. The first-order chi connectivity index (χ1) is 16.4. The van der Waals surface area contributed by atoms with Crippen LogP contribution in [0.15, 0.2) is 78.6 Å². The molecular formula is C27H27N3O4. The minimum absolute atomic E-state index is 0.0654. The van der Waals surface area contributed by atoms with E-state index < -0.39 is 17.7 Å². The predicted molar refractivity (Wildman–Crippen MR) is 130 cm³/mol. The molecule has 1 atom stereocenters. The first-order valence-corrected chi connectivity index (χ1v) is 11.1. The van der Waals surface area contributed by atoms with Crippen molar-refractivity contribution in [3.8, 4) is 5.75 Å². The van der Waals surface area contributed by atoms with Crippen LogP contribution in [0.2, 0.25) is 0 Å². The standard InChI is InChI=1S/C27H27N3O4/c1-4-34-22-13-9-20(10-14-22)25(31)23-24(19-7-11-21(12-8-19)29(2)3)30(27(33)26(23)32)17-18-6-5-15-28-16-18/h5-16,24,31H,4,17H2,1-3H3/t24-/m1/s1. The number of ether oxygens (including phenoxy) is 1. The van der Waals surface area contributed by atoms with Crippen molar-refractivity contribution in [1.29, 1.82) is 0 Å². The Bertz CT molecular complexity index is 1200. The number of hydrogen-bond donors (Lipinski definition) is 1. The van der Waals surface area contributed by atoms with Crippen LogP contribution in [0.25, 0.3) is 5.76 Å². The molecule has 1 fully saturated rings. The molecule has 0 aliphatic carbocycles. The van der Waals surface area contributed by atoms with E-state index in [4.69, 9.17) is 4.74 Å². The number of carbonyl (C=O) groups is 2. The van der Waals surface area contributed by atoms with Crippen LogP contribution in [0, 0.1) is 0 Å². The lowest BCUT2D eigenvalue weighted by Gasteiger charge is -2.26. The lowest BCUT2D eigenvalue weighted by atomic mass is 9.95. The third-order valence-corrected chi connectivity index (χ3v) is 5.78. The Balaban J connectivity index is 1.81. The van der Waals surface area contributed by atoms with Crippen LogP contribution in [-0.2, 0) is 16.1 Å². The van der Waals surface area contributed by atoms with Gasteiger partial charge in [0.25, 0.3) is 11.7 Å². The minimum atomic E-state index is -0.733. The number of benzene rings is 2. The third kappa shape index (κ3) is 4.50. The molecule has 1 amide bonds. The number of nitrogens with zero attached hydrogens (tertiary/aromatic N) is 3. The molecule has 0 saturated carbocycles. The normalized spacial score (nSPS) is 17.1. The molecule has 2 aromatic carbocycles. The summed E-state index contributed by atoms with van der Waals surface area (Å²) in [6.07, 6.45) is 3.32. The van der Waals surface area contributed by atoms with Gasteiger partial charge >= 0.3 is 0 Å². The van der Waals surface area contributed by atoms with Crippen molar-refractivity contribution in [3.05, 3.63) is 95.3 Å². The molecule has 7 heteroatoms. The van der Waals surface area contributed by atoms with E-state index >= 15 is 0 Å². The molecule has 0 radical (unpaired) electrons. The van der Waals surface area contributed by atoms with Gasteiger partial charge in [0.2, 0.25) is 0 Å². The summed E-state index contributed by atoms with van der Waals surface area (Å²) in [4.78, 5) is 33.9. The second-order valence-corrected chi connectivity index (χ2v) is 8.23. The topological polar surface area (TPSA) is 83.0 Å². The van der Waals surface area contributed by atoms with Crippen molar-refractivity contribution in [2.45, 2.75) is 19.5 Å². The molecule has 0 unspecified atom stereocenters. The highest BCUT2D eigenvalue weighted by molar-refractivity contribution is 6.46. The van der Waals surface area contributed by atoms with Gasteiger partial charge in [0, 0.05) is 44.3 Å². The number of aliphatic hydroxyl groups is 1. The zero-order valence-electron chi connectivity index (χ0n) is 19.4. The Hall–Kier alpha value is -4.13. The molecule has 1 aliphatic rings. The second kappa shape index (κ2) is 9.79. The lowest BCUT2D eigenvalue weighted by molar-refractivity contribution is -0.140. The van der Waals surface area contributed by atoms with Gasteiger partial charge in [-0.05, 0) is 60.5 Å². The van der Waals surface area contributed by atoms with Crippen molar-refractivity contribution in [2.24, 2.45) is 0 Å². The number of hydrogen-bond acceptors (Lipinski definition) is 6. The SMILES string of the molecule is CCOc1ccc(C(O)=C2C(=O)C(=O)N(Cc3cccnc3)[C@@H]2c2ccc(N(C)C)cc2)cc1. The van der Waals surface area contributed by atoms with E-state index in [1.54, 1.807) is 42.7 Å². The highest BCUT2D eigenvalue weighted by Gasteiger charge is 2.46. The molecule has 1 N–H and O–H groups in total. The largest absolute Gasteiger partial charge is 0.507 e. The fraction of sp³-hybridized carbons (Fsp3) is 0.222. The maximum absolute atomic E-state index is 13.2. The van der Waals surface area contributed by atoms with Crippen molar-refractivity contribution in [2.75, 3.05) is 25.6 Å². The fourth-order valence-corrected chi connectivity index (χ4v) is 4.06. The van der Waals surface area contributed by atoms with E-state index in [1.807, 2.05) is 56.3 Å². The number of aliphatic hydroxyl groups excluding tert-OH is 1. The molecule has 174 valence electrons. The quantitative estimate of drug-likeness (QED) is 0.326. The summed E-state index contributed by atoms with van der Waals surface area (Å²) < 4.78 is 5.47. The Morgan fingerprint density at radius 3 is 2.35 bits per heavy atom. The first kappa shape index (κ1) is 23.0. The van der Waals surface area contributed by atoms with Gasteiger partial charge in [0.05, 0.1) is 18.2 Å². The number of Topliss-reactive ketones (excluding diaryl/α,β-unsaturated/α-hetero) is 1. The smallest absolute Gasteiger partial charge is 0.295 e. The fourth-order valence-electron chi connectivity index (χ4n) is 4.06. The van der Waals surface area contributed by atoms with Crippen LogP contribution >= 0.6 is 0 Å². The lowest BCUT2D eigenvalue weighted by Crippen LogP contribution is -2.29. The van der Waals surface area contributed by atoms with E-state index in [0.717, 1.165) is 16.8 Å². The van der Waals surface area contributed by atoms with Crippen molar-refractivity contribution in [3.63, 3.8) is 0 Å². The summed E-state index contributed by atoms with van der Waals surface area (Å²) >= 11 is 0. The summed E-state index contributed by atoms with van der Waals surface area (Å²) in [5, 5.41) is 11.2. The second-order valence-electron chi connectivity index (χ2n) is 8.23. The Morgan fingerprint density at radius 1 is 1.06 bits per heavy atom. The van der Waals surface area contributed by atoms with Gasteiger partial charge in [0.15, 0.2) is 0 Å². The Morgan fingerprint density at radius 2 is 1.76 bits per heavy atom. The average Bonchev–Trinajstić information content (AvgIpc) is 3.10. The zero-order chi connectivity index (χ0) is 24.2. The summed E-state index contributed by atoms with van der Waals surface area (Å²) in [6, 6.07) is 17.3. The highest BCUT2D eigenvalue weighted by Crippen LogP contribution is 2.40. The Kier molecular flexibility index (Phi) is 6.63. The number of likely N-dealkylation sites (tertiary alicyclic amines) is 1. The van der Waals surface area contributed by atoms with Crippen LogP contribution in [0.4, 0.5) is 5.69 Å². The van der Waals surface area contributed by atoms with Crippen LogP contribution in [0.5, 0.6) is 5.75 Å². The van der Waals surface area contributed by atoms with Gasteiger partial charge in [-0.2, -0.15) is 0 Å². The molecule has 4 rings (SSSR count). The number of rotatable bonds is 7. The van der Waals surface area contributed by atoms with Gasteiger partial charge in [-0.25, -0.2) is 0 Å². The number of pyridine rings is 1. The molecule has 2 heterocycles. The maximum Gasteiger partial charge on any atom is 0.295 e. The van der Waals surface area contributed by atoms with E-state index in [-0.39, 0.29) is 17.9 Å². The summed E-state index contributed by atoms with van der Waals surface area (Å²) in [7, 11) is 3.88. The molecule has 0 spiro atoms. The van der Waals surface area contributed by atoms with Gasteiger partial charge in [-0.3, -0.25) is 14.6 Å². The van der Waals surface area contributed by atoms with Gasteiger partial charge in [-0.15, -0.1) is 0 Å². The van der Waals surface area contributed by atoms with Crippen molar-refractivity contribution < 1.29 is 19.4 Å². The molecule has 34 heavy (non-hydrogen) atoms. The highest BCUT2D eigenvalue weighted by atomic mass is 16.5. The summed E-state index contributed by atoms with van der Waals surface area (Å²) in [6.45, 7) is 2.60. The number of ketones is 1. The third-order valence-electron chi connectivity index (χ3n) is 5.78. The maximum atomic E-state index is 13.2. The van der Waals surface area contributed by atoms with E-state index in [2.05, 4.69) is 4.98 Å². The van der Waals surface area contributed by atoms with E-state index in [1.165, 1.54) is 4.90 Å². The molecule has 1 aromatic heterocycles. The van der Waals surface area contributed by atoms with Crippen molar-refractivity contribution >= 4 is 23.1 Å².